The highest BCUT2D eigenvalue weighted by molar-refractivity contribution is 7.14. The molecule has 2 aromatic carbocycles. The lowest BCUT2D eigenvalue weighted by molar-refractivity contribution is -0.114. The van der Waals surface area contributed by atoms with Crippen LogP contribution in [0.15, 0.2) is 58.9 Å². The maximum Gasteiger partial charge on any atom is 0.257 e. The zero-order valence-corrected chi connectivity index (χ0v) is 15.7. The highest BCUT2D eigenvalue weighted by atomic mass is 32.1. The van der Waals surface area contributed by atoms with E-state index in [0.717, 1.165) is 16.8 Å². The van der Waals surface area contributed by atoms with E-state index in [9.17, 15) is 9.59 Å². The number of hydrogen-bond donors (Lipinski definition) is 2. The minimum atomic E-state index is -0.250. The molecule has 3 rings (SSSR count). The Morgan fingerprint density at radius 1 is 1.04 bits per heavy atom. The van der Waals surface area contributed by atoms with Crippen LogP contribution in [-0.4, -0.2) is 30.1 Å². The smallest absolute Gasteiger partial charge is 0.257 e. The molecule has 0 atom stereocenters. The summed E-state index contributed by atoms with van der Waals surface area (Å²) in [5.74, 6) is -0.405. The Morgan fingerprint density at radius 3 is 2.37 bits per heavy atom. The minimum absolute atomic E-state index is 0.155. The van der Waals surface area contributed by atoms with E-state index < -0.39 is 0 Å². The molecule has 0 saturated carbocycles. The second-order valence-electron chi connectivity index (χ2n) is 5.76. The van der Waals surface area contributed by atoms with Crippen LogP contribution in [0.25, 0.3) is 11.3 Å². The van der Waals surface area contributed by atoms with E-state index in [2.05, 4.69) is 20.6 Å². The van der Waals surface area contributed by atoms with Crippen molar-refractivity contribution in [1.29, 1.82) is 0 Å². The first-order chi connectivity index (χ1) is 13.0. The van der Waals surface area contributed by atoms with Gasteiger partial charge in [-0.3, -0.25) is 19.9 Å². The quantitative estimate of drug-likeness (QED) is 0.657. The van der Waals surface area contributed by atoms with Gasteiger partial charge in [-0.05, 0) is 29.8 Å². The molecule has 7 heteroatoms. The number of thiazole rings is 1. The molecule has 1 aromatic heterocycles. The van der Waals surface area contributed by atoms with Crippen LogP contribution in [-0.2, 0) is 4.79 Å². The molecule has 3 aromatic rings. The van der Waals surface area contributed by atoms with Crippen molar-refractivity contribution in [2.75, 3.05) is 17.7 Å². The number of anilines is 2. The first-order valence-corrected chi connectivity index (χ1v) is 9.10. The number of hydrogen-bond acceptors (Lipinski definition) is 5. The Bertz CT molecular complexity index is 976. The number of rotatable bonds is 5. The highest BCUT2D eigenvalue weighted by Gasteiger charge is 2.10. The van der Waals surface area contributed by atoms with E-state index in [1.807, 2.05) is 29.6 Å². The largest absolute Gasteiger partial charge is 0.326 e. The maximum absolute atomic E-state index is 12.4. The summed E-state index contributed by atoms with van der Waals surface area (Å²) in [6, 6.07) is 14.6. The Hall–Kier alpha value is -3.32. The molecule has 0 spiro atoms. The zero-order chi connectivity index (χ0) is 19.2. The molecule has 0 saturated heterocycles. The van der Waals surface area contributed by atoms with Crippen molar-refractivity contribution in [1.82, 2.24) is 4.98 Å². The first kappa shape index (κ1) is 18.5. The molecule has 0 aliphatic carbocycles. The molecule has 0 bridgehead atoms. The average Bonchev–Trinajstić information content (AvgIpc) is 3.11. The maximum atomic E-state index is 12.4. The summed E-state index contributed by atoms with van der Waals surface area (Å²) >= 11 is 1.37. The van der Waals surface area contributed by atoms with Crippen molar-refractivity contribution in [3.8, 4) is 11.3 Å². The summed E-state index contributed by atoms with van der Waals surface area (Å²) in [4.78, 5) is 31.9. The average molecular weight is 378 g/mol. The van der Waals surface area contributed by atoms with E-state index in [-0.39, 0.29) is 11.8 Å². The molecule has 0 aliphatic rings. The van der Waals surface area contributed by atoms with Crippen LogP contribution in [0.4, 0.5) is 10.8 Å². The van der Waals surface area contributed by atoms with Gasteiger partial charge in [0.25, 0.3) is 5.91 Å². The number of nitrogens with one attached hydrogen (secondary N) is 2. The van der Waals surface area contributed by atoms with Gasteiger partial charge in [0.2, 0.25) is 5.91 Å². The fraction of sp³-hybridized carbons (Fsp3) is 0.100. The normalized spacial score (nSPS) is 10.7. The standard InChI is InChI=1S/C20H18N4O2S/c1-13(25)22-17-9-7-16(8-10-17)19(26)24-20-23-18(12-27-20)15-5-3-14(4-6-15)11-21-2/h3-12H,1-2H3,(H,22,25)(H,23,24,26). The van der Waals surface area contributed by atoms with Gasteiger partial charge in [0.1, 0.15) is 0 Å². The predicted molar refractivity (Wildman–Crippen MR) is 110 cm³/mol. The number of amides is 2. The van der Waals surface area contributed by atoms with Gasteiger partial charge in [0.05, 0.1) is 5.69 Å². The summed E-state index contributed by atoms with van der Waals surface area (Å²) in [5.41, 5.74) is 3.93. The van der Waals surface area contributed by atoms with Gasteiger partial charge in [-0.25, -0.2) is 4.98 Å². The van der Waals surface area contributed by atoms with Crippen LogP contribution in [0, 0.1) is 0 Å². The van der Waals surface area contributed by atoms with Crippen LogP contribution in [0.1, 0.15) is 22.8 Å². The molecule has 27 heavy (non-hydrogen) atoms. The van der Waals surface area contributed by atoms with Crippen molar-refractivity contribution in [2.45, 2.75) is 6.92 Å². The lowest BCUT2D eigenvalue weighted by Gasteiger charge is -2.04. The van der Waals surface area contributed by atoms with Crippen LogP contribution in [0.5, 0.6) is 0 Å². The van der Waals surface area contributed by atoms with Crippen molar-refractivity contribution in [2.24, 2.45) is 4.99 Å². The monoisotopic (exact) mass is 378 g/mol. The topological polar surface area (TPSA) is 83.5 Å². The second kappa shape index (κ2) is 8.37. The third-order valence-electron chi connectivity index (χ3n) is 3.68. The van der Waals surface area contributed by atoms with Crippen molar-refractivity contribution in [3.63, 3.8) is 0 Å². The third-order valence-corrected chi connectivity index (χ3v) is 4.43. The fourth-order valence-corrected chi connectivity index (χ4v) is 3.14. The van der Waals surface area contributed by atoms with Crippen molar-refractivity contribution in [3.05, 3.63) is 65.0 Å². The third kappa shape index (κ3) is 4.86. The number of carbonyl (C=O) groups is 2. The van der Waals surface area contributed by atoms with E-state index in [1.54, 1.807) is 37.5 Å². The predicted octanol–water partition coefficient (Wildman–Crippen LogP) is 4.07. The Morgan fingerprint density at radius 2 is 1.74 bits per heavy atom. The Balaban J connectivity index is 1.67. The number of benzene rings is 2. The van der Waals surface area contributed by atoms with Gasteiger partial charge in [-0.1, -0.05) is 24.3 Å². The van der Waals surface area contributed by atoms with E-state index in [4.69, 9.17) is 0 Å². The second-order valence-corrected chi connectivity index (χ2v) is 6.62. The summed E-state index contributed by atoms with van der Waals surface area (Å²) in [5, 5.41) is 7.89. The molecular weight excluding hydrogens is 360 g/mol. The zero-order valence-electron chi connectivity index (χ0n) is 14.9. The van der Waals surface area contributed by atoms with Crippen LogP contribution in [0.3, 0.4) is 0 Å². The number of aliphatic imine (C=N–C) groups is 1. The van der Waals surface area contributed by atoms with Crippen LogP contribution in [0.2, 0.25) is 0 Å². The molecule has 1 heterocycles. The Labute approximate surface area is 161 Å². The van der Waals surface area contributed by atoms with Gasteiger partial charge in [-0.2, -0.15) is 0 Å². The van der Waals surface area contributed by atoms with Gasteiger partial charge in [-0.15, -0.1) is 11.3 Å². The molecular formula is C20H18N4O2S. The fourth-order valence-electron chi connectivity index (χ4n) is 2.43. The number of carbonyl (C=O) groups excluding carboxylic acids is 2. The molecule has 2 amide bonds. The van der Waals surface area contributed by atoms with Gasteiger partial charge in [0.15, 0.2) is 5.13 Å². The molecule has 136 valence electrons. The van der Waals surface area contributed by atoms with E-state index in [0.29, 0.717) is 16.4 Å². The molecule has 6 nitrogen and oxygen atoms in total. The SMILES string of the molecule is CN=Cc1ccc(-c2csc(NC(=O)c3ccc(NC(C)=O)cc3)n2)cc1. The number of aromatic nitrogens is 1. The number of nitrogens with zero attached hydrogens (tertiary/aromatic N) is 2. The Kier molecular flexibility index (Phi) is 5.73. The van der Waals surface area contributed by atoms with E-state index in [1.165, 1.54) is 18.3 Å². The molecule has 0 aliphatic heterocycles. The lowest BCUT2D eigenvalue weighted by atomic mass is 10.1. The lowest BCUT2D eigenvalue weighted by Crippen LogP contribution is -2.12. The summed E-state index contributed by atoms with van der Waals surface area (Å²) in [6.07, 6.45) is 1.79. The molecule has 0 unspecified atom stereocenters. The van der Waals surface area contributed by atoms with Crippen LogP contribution >= 0.6 is 11.3 Å². The minimum Gasteiger partial charge on any atom is -0.326 e. The molecule has 0 radical (unpaired) electrons. The van der Waals surface area contributed by atoms with Gasteiger partial charge in [0, 0.05) is 42.4 Å². The van der Waals surface area contributed by atoms with Crippen molar-refractivity contribution < 1.29 is 9.59 Å². The summed E-state index contributed by atoms with van der Waals surface area (Å²) < 4.78 is 0. The molecule has 0 fully saturated rings. The van der Waals surface area contributed by atoms with Crippen LogP contribution < -0.4 is 10.6 Å². The van der Waals surface area contributed by atoms with Gasteiger partial charge >= 0.3 is 0 Å². The molecule has 2 N–H and O–H groups in total. The van der Waals surface area contributed by atoms with Crippen molar-refractivity contribution >= 4 is 40.2 Å². The van der Waals surface area contributed by atoms with Gasteiger partial charge < -0.3 is 5.32 Å². The first-order valence-electron chi connectivity index (χ1n) is 8.22. The summed E-state index contributed by atoms with van der Waals surface area (Å²) in [7, 11) is 1.73. The van der Waals surface area contributed by atoms with E-state index >= 15 is 0 Å². The summed E-state index contributed by atoms with van der Waals surface area (Å²) in [6.45, 7) is 1.44. The highest BCUT2D eigenvalue weighted by Crippen LogP contribution is 2.25.